The molecular weight excluding hydrogens is 550 g/mol. The number of carbonyl (C=O) groups is 3. The second kappa shape index (κ2) is 18.0. The van der Waals surface area contributed by atoms with Gasteiger partial charge in [-0.1, -0.05) is 6.92 Å². The molecule has 3 N–H and O–H groups in total. The number of likely N-dealkylation sites (N-methyl/N-ethyl adjacent to an activating group) is 1. The number of nitrogens with one attached hydrogen (secondary N) is 2. The first kappa shape index (κ1) is 36.3. The highest BCUT2D eigenvalue weighted by Gasteiger charge is 2.31. The summed E-state index contributed by atoms with van der Waals surface area (Å²) in [7, 11) is 5.79. The van der Waals surface area contributed by atoms with Gasteiger partial charge < -0.3 is 39.9 Å². The van der Waals surface area contributed by atoms with E-state index in [4.69, 9.17) is 9.47 Å². The Bertz CT molecular complexity index is 1040. The van der Waals surface area contributed by atoms with Crippen LogP contribution in [-0.4, -0.2) is 116 Å². The van der Waals surface area contributed by atoms with Crippen LogP contribution in [0.3, 0.4) is 0 Å². The maximum atomic E-state index is 14.2. The van der Waals surface area contributed by atoms with Gasteiger partial charge in [0, 0.05) is 50.8 Å². The van der Waals surface area contributed by atoms with E-state index < -0.39 is 6.04 Å². The summed E-state index contributed by atoms with van der Waals surface area (Å²) < 4.78 is 12.6. The maximum Gasteiger partial charge on any atom is 0.319 e. The first-order chi connectivity index (χ1) is 20.3. The second-order valence-electron chi connectivity index (χ2n) is 12.4. The van der Waals surface area contributed by atoms with Crippen molar-refractivity contribution in [2.24, 2.45) is 5.92 Å². The summed E-state index contributed by atoms with van der Waals surface area (Å²) in [5.41, 5.74) is 0.771. The van der Waals surface area contributed by atoms with E-state index in [2.05, 4.69) is 15.5 Å². The highest BCUT2D eigenvalue weighted by molar-refractivity contribution is 5.99. The number of hydrogen-bond donors (Lipinski definition) is 3. The lowest BCUT2D eigenvalue weighted by Gasteiger charge is -2.36. The smallest absolute Gasteiger partial charge is 0.319 e. The van der Waals surface area contributed by atoms with Crippen molar-refractivity contribution < 1.29 is 29.0 Å². The maximum absolute atomic E-state index is 14.2. The Morgan fingerprint density at radius 1 is 1.14 bits per heavy atom. The summed E-state index contributed by atoms with van der Waals surface area (Å²) in [4.78, 5) is 44.9. The van der Waals surface area contributed by atoms with E-state index in [1.54, 1.807) is 42.0 Å². The zero-order chi connectivity index (χ0) is 32.1. The van der Waals surface area contributed by atoms with Gasteiger partial charge >= 0.3 is 6.03 Å². The molecule has 43 heavy (non-hydrogen) atoms. The van der Waals surface area contributed by atoms with Crippen molar-refractivity contribution in [2.45, 2.75) is 91.0 Å². The van der Waals surface area contributed by atoms with Crippen LogP contribution in [0.4, 0.5) is 10.5 Å². The van der Waals surface area contributed by atoms with Gasteiger partial charge in [0.25, 0.3) is 5.91 Å². The zero-order valence-electron chi connectivity index (χ0n) is 27.5. The number of benzene rings is 1. The molecule has 0 radical (unpaired) electrons. The van der Waals surface area contributed by atoms with E-state index in [1.165, 1.54) is 0 Å². The largest absolute Gasteiger partial charge is 0.490 e. The number of aliphatic hydroxyl groups excluding tert-OH is 1. The standard InChI is InChI=1S/C32H55N5O6/c1-22(2)33-32(41)34-26-14-15-28-27(18-26)31(40)37(24(4)21-38)19-23(3)29(42-17-10-9-12-25(5)43-28)20-36(8)30(39)13-11-16-35(6)7/h14-15,18,22-25,29,38H,9-13,16-17,19-21H2,1-8H3,(H2,33,34,41)/t23-,24-,25+,29+/m0/s1. The Labute approximate surface area is 258 Å². The topological polar surface area (TPSA) is 124 Å². The second-order valence-corrected chi connectivity index (χ2v) is 12.4. The number of carbonyl (C=O) groups excluding carboxylic acids is 3. The number of rotatable bonds is 10. The molecule has 0 saturated carbocycles. The van der Waals surface area contributed by atoms with Crippen molar-refractivity contribution in [3.05, 3.63) is 23.8 Å². The summed E-state index contributed by atoms with van der Waals surface area (Å²) in [6.45, 7) is 11.4. The molecule has 1 heterocycles. The molecular formula is C32H55N5O6. The Kier molecular flexibility index (Phi) is 15.2. The lowest BCUT2D eigenvalue weighted by molar-refractivity contribution is -0.132. The lowest BCUT2D eigenvalue weighted by Crippen LogP contribution is -2.48. The zero-order valence-corrected chi connectivity index (χ0v) is 27.5. The average Bonchev–Trinajstić information content (AvgIpc) is 2.93. The quantitative estimate of drug-likeness (QED) is 0.371. The highest BCUT2D eigenvalue weighted by Crippen LogP contribution is 2.28. The summed E-state index contributed by atoms with van der Waals surface area (Å²) in [5.74, 6) is 0.0462. The number of ether oxygens (including phenoxy) is 2. The van der Waals surface area contributed by atoms with Gasteiger partial charge in [-0.25, -0.2) is 4.79 Å². The van der Waals surface area contributed by atoms with Crippen LogP contribution in [0.1, 0.15) is 77.1 Å². The fraction of sp³-hybridized carbons (Fsp3) is 0.719. The molecule has 1 aliphatic heterocycles. The minimum atomic E-state index is -0.486. The SMILES string of the molecule is CC(C)NC(=O)Nc1ccc2c(c1)C(=O)N([C@@H](C)CO)C[C@H](C)[C@@H](CN(C)C(=O)CCCN(C)C)OCCCC[C@@H](C)O2. The van der Waals surface area contributed by atoms with Crippen LogP contribution in [0.25, 0.3) is 0 Å². The van der Waals surface area contributed by atoms with E-state index in [0.717, 1.165) is 32.2 Å². The molecule has 0 unspecified atom stereocenters. The Morgan fingerprint density at radius 2 is 1.86 bits per heavy atom. The number of anilines is 1. The lowest BCUT2D eigenvalue weighted by atomic mass is 10.0. The minimum Gasteiger partial charge on any atom is -0.490 e. The van der Waals surface area contributed by atoms with Gasteiger partial charge in [-0.3, -0.25) is 9.59 Å². The first-order valence-electron chi connectivity index (χ1n) is 15.6. The molecule has 4 atom stereocenters. The predicted molar refractivity (Wildman–Crippen MR) is 170 cm³/mol. The summed E-state index contributed by atoms with van der Waals surface area (Å²) in [6, 6.07) is 4.17. The van der Waals surface area contributed by atoms with Gasteiger partial charge in [0.2, 0.25) is 5.91 Å². The summed E-state index contributed by atoms with van der Waals surface area (Å²) in [5, 5.41) is 15.7. The molecule has 0 aliphatic carbocycles. The van der Waals surface area contributed by atoms with Crippen molar-refractivity contribution in [2.75, 3.05) is 59.3 Å². The number of hydrogen-bond acceptors (Lipinski definition) is 7. The van der Waals surface area contributed by atoms with Crippen molar-refractivity contribution in [3.8, 4) is 5.75 Å². The van der Waals surface area contributed by atoms with E-state index in [-0.39, 0.29) is 48.6 Å². The number of amides is 4. The Balaban J connectivity index is 2.38. The van der Waals surface area contributed by atoms with Gasteiger partial charge in [0.15, 0.2) is 0 Å². The first-order valence-corrected chi connectivity index (χ1v) is 15.6. The molecule has 0 aromatic heterocycles. The summed E-state index contributed by atoms with van der Waals surface area (Å²) in [6.07, 6.45) is 3.29. The molecule has 2 rings (SSSR count). The third kappa shape index (κ3) is 12.3. The normalized spacial score (nSPS) is 21.0. The Morgan fingerprint density at radius 3 is 2.51 bits per heavy atom. The molecule has 11 heteroatoms. The van der Waals surface area contributed by atoms with Crippen LogP contribution in [0.15, 0.2) is 18.2 Å². The predicted octanol–water partition coefficient (Wildman–Crippen LogP) is 3.81. The number of fused-ring (bicyclic) bond motifs is 1. The van der Waals surface area contributed by atoms with E-state index in [9.17, 15) is 19.5 Å². The molecule has 0 fully saturated rings. The van der Waals surface area contributed by atoms with Crippen molar-refractivity contribution >= 4 is 23.5 Å². The van der Waals surface area contributed by atoms with Gasteiger partial charge in [0.1, 0.15) is 5.75 Å². The van der Waals surface area contributed by atoms with Gasteiger partial charge in [-0.05, 0) is 92.2 Å². The molecule has 244 valence electrons. The van der Waals surface area contributed by atoms with Crippen LogP contribution in [-0.2, 0) is 9.53 Å². The molecule has 1 aromatic carbocycles. The van der Waals surface area contributed by atoms with Crippen molar-refractivity contribution in [1.82, 2.24) is 20.0 Å². The fourth-order valence-electron chi connectivity index (χ4n) is 5.00. The minimum absolute atomic E-state index is 0.0481. The third-order valence-corrected chi connectivity index (χ3v) is 7.60. The third-order valence-electron chi connectivity index (χ3n) is 7.60. The van der Waals surface area contributed by atoms with Crippen LogP contribution in [0.2, 0.25) is 0 Å². The van der Waals surface area contributed by atoms with Crippen molar-refractivity contribution in [1.29, 1.82) is 0 Å². The highest BCUT2D eigenvalue weighted by atomic mass is 16.5. The molecule has 4 amide bonds. The molecule has 0 bridgehead atoms. The van der Waals surface area contributed by atoms with Crippen LogP contribution < -0.4 is 15.4 Å². The number of nitrogens with zero attached hydrogens (tertiary/aromatic N) is 3. The van der Waals surface area contributed by atoms with Gasteiger partial charge in [0.05, 0.1) is 30.4 Å². The van der Waals surface area contributed by atoms with Crippen LogP contribution in [0.5, 0.6) is 5.75 Å². The van der Waals surface area contributed by atoms with Crippen LogP contribution in [0, 0.1) is 5.92 Å². The molecule has 11 nitrogen and oxygen atoms in total. The summed E-state index contributed by atoms with van der Waals surface area (Å²) >= 11 is 0. The number of urea groups is 1. The van der Waals surface area contributed by atoms with Crippen molar-refractivity contribution in [3.63, 3.8) is 0 Å². The Hall–Kier alpha value is -2.89. The fourth-order valence-corrected chi connectivity index (χ4v) is 5.00. The van der Waals surface area contributed by atoms with Gasteiger partial charge in [-0.2, -0.15) is 0 Å². The van der Waals surface area contributed by atoms with E-state index >= 15 is 0 Å². The van der Waals surface area contributed by atoms with E-state index in [0.29, 0.717) is 43.1 Å². The van der Waals surface area contributed by atoms with E-state index in [1.807, 2.05) is 41.8 Å². The molecule has 0 spiro atoms. The molecule has 1 aliphatic rings. The molecule has 1 aromatic rings. The molecule has 0 saturated heterocycles. The van der Waals surface area contributed by atoms with Crippen LogP contribution >= 0.6 is 0 Å². The monoisotopic (exact) mass is 605 g/mol. The van der Waals surface area contributed by atoms with Gasteiger partial charge in [-0.15, -0.1) is 0 Å². The number of aliphatic hydroxyl groups is 1. The average molecular weight is 606 g/mol.